The van der Waals surface area contributed by atoms with Crippen LogP contribution in [0.3, 0.4) is 0 Å². The Kier molecular flexibility index (Phi) is 3.92. The van der Waals surface area contributed by atoms with Gasteiger partial charge in [-0.25, -0.2) is 15.0 Å². The first kappa shape index (κ1) is 17.1. The van der Waals surface area contributed by atoms with Crippen LogP contribution in [-0.2, 0) is 0 Å². The van der Waals surface area contributed by atoms with Gasteiger partial charge in [0, 0.05) is 61.1 Å². The zero-order valence-electron chi connectivity index (χ0n) is 15.8. The molecule has 2 aliphatic rings. The fraction of sp³-hybridized carbons (Fsp3) is 0.333. The van der Waals surface area contributed by atoms with Gasteiger partial charge in [0.05, 0.1) is 16.7 Å². The predicted molar refractivity (Wildman–Crippen MR) is 114 cm³/mol. The maximum atomic E-state index is 6.45. The molecular weight excluding hydrogens is 386 g/mol. The Bertz CT molecular complexity index is 1220. The summed E-state index contributed by atoms with van der Waals surface area (Å²) in [7, 11) is 0. The van der Waals surface area contributed by atoms with Crippen LogP contribution in [0.2, 0.25) is 5.02 Å². The zero-order valence-corrected chi connectivity index (χ0v) is 16.6. The van der Waals surface area contributed by atoms with E-state index < -0.39 is 0 Å². The highest BCUT2D eigenvalue weighted by Crippen LogP contribution is 2.45. The number of rotatable bonds is 3. The second-order valence-corrected chi connectivity index (χ2v) is 8.13. The van der Waals surface area contributed by atoms with Gasteiger partial charge >= 0.3 is 0 Å². The normalized spacial score (nSPS) is 17.3. The lowest BCUT2D eigenvalue weighted by atomic mass is 10.1. The summed E-state index contributed by atoms with van der Waals surface area (Å²) in [6, 6.07) is 1.93. The number of aromatic amines is 1. The number of anilines is 1. The summed E-state index contributed by atoms with van der Waals surface area (Å²) in [6.07, 6.45) is 9.81. The second-order valence-electron chi connectivity index (χ2n) is 7.72. The number of piperazine rings is 1. The Labute approximate surface area is 172 Å². The van der Waals surface area contributed by atoms with E-state index in [0.29, 0.717) is 16.8 Å². The third-order valence-electron chi connectivity index (χ3n) is 5.82. The molecule has 8 heteroatoms. The molecule has 0 spiro atoms. The van der Waals surface area contributed by atoms with E-state index in [9.17, 15) is 0 Å². The van der Waals surface area contributed by atoms with Crippen LogP contribution < -0.4 is 10.2 Å². The largest absolute Gasteiger partial charge is 0.353 e. The van der Waals surface area contributed by atoms with Crippen molar-refractivity contribution >= 4 is 39.4 Å². The van der Waals surface area contributed by atoms with Crippen molar-refractivity contribution in [2.24, 2.45) is 0 Å². The van der Waals surface area contributed by atoms with E-state index in [1.165, 1.54) is 18.4 Å². The summed E-state index contributed by atoms with van der Waals surface area (Å²) >= 11 is 6.45. The summed E-state index contributed by atoms with van der Waals surface area (Å²) in [5.41, 5.74) is 3.80. The SMILES string of the molecule is Clc1c[nH]c2nccc(-c3nc(N4CCNCC4)c4c(C5CC5)cncc4n3)c12. The van der Waals surface area contributed by atoms with Gasteiger partial charge in [-0.05, 0) is 30.4 Å². The van der Waals surface area contributed by atoms with Gasteiger partial charge in [0.25, 0.3) is 0 Å². The Morgan fingerprint density at radius 1 is 1.07 bits per heavy atom. The van der Waals surface area contributed by atoms with Crippen molar-refractivity contribution in [3.8, 4) is 11.4 Å². The van der Waals surface area contributed by atoms with E-state index in [2.05, 4.69) is 25.2 Å². The highest BCUT2D eigenvalue weighted by Gasteiger charge is 2.29. The summed E-state index contributed by atoms with van der Waals surface area (Å²) in [6.45, 7) is 3.75. The number of halogens is 1. The minimum absolute atomic E-state index is 0.578. The quantitative estimate of drug-likeness (QED) is 0.542. The molecule has 1 saturated heterocycles. The third-order valence-corrected chi connectivity index (χ3v) is 6.12. The number of hydrogen-bond donors (Lipinski definition) is 2. The van der Waals surface area contributed by atoms with Gasteiger partial charge in [0.15, 0.2) is 5.82 Å². The van der Waals surface area contributed by atoms with E-state index in [1.54, 1.807) is 12.4 Å². The fourth-order valence-corrected chi connectivity index (χ4v) is 4.47. The Balaban J connectivity index is 1.63. The molecule has 2 N–H and O–H groups in total. The van der Waals surface area contributed by atoms with E-state index in [-0.39, 0.29) is 0 Å². The molecule has 1 saturated carbocycles. The molecule has 0 amide bonds. The lowest BCUT2D eigenvalue weighted by molar-refractivity contribution is 0.586. The van der Waals surface area contributed by atoms with E-state index in [0.717, 1.165) is 59.5 Å². The van der Waals surface area contributed by atoms with Gasteiger partial charge in [0.2, 0.25) is 0 Å². The number of nitrogens with one attached hydrogen (secondary N) is 2. The van der Waals surface area contributed by atoms with Crippen LogP contribution in [-0.4, -0.2) is 51.1 Å². The fourth-order valence-electron chi connectivity index (χ4n) is 4.22. The number of H-pyrrole nitrogens is 1. The van der Waals surface area contributed by atoms with Gasteiger partial charge in [-0.1, -0.05) is 11.6 Å². The van der Waals surface area contributed by atoms with Gasteiger partial charge < -0.3 is 15.2 Å². The van der Waals surface area contributed by atoms with Gasteiger partial charge in [-0.15, -0.1) is 0 Å². The molecule has 146 valence electrons. The summed E-state index contributed by atoms with van der Waals surface area (Å²) < 4.78 is 0. The topological polar surface area (TPSA) is 82.6 Å². The molecule has 29 heavy (non-hydrogen) atoms. The smallest absolute Gasteiger partial charge is 0.163 e. The zero-order chi connectivity index (χ0) is 19.4. The molecule has 1 aliphatic carbocycles. The molecule has 0 aromatic carbocycles. The molecule has 6 rings (SSSR count). The molecule has 0 bridgehead atoms. The summed E-state index contributed by atoms with van der Waals surface area (Å²) in [4.78, 5) is 24.4. The van der Waals surface area contributed by atoms with Gasteiger partial charge in [-0.3, -0.25) is 4.98 Å². The number of fused-ring (bicyclic) bond motifs is 2. The first-order valence-electron chi connectivity index (χ1n) is 10.0. The Morgan fingerprint density at radius 3 is 2.76 bits per heavy atom. The highest BCUT2D eigenvalue weighted by molar-refractivity contribution is 6.36. The second kappa shape index (κ2) is 6.64. The lowest BCUT2D eigenvalue weighted by Crippen LogP contribution is -2.44. The number of nitrogens with zero attached hydrogens (tertiary/aromatic N) is 5. The van der Waals surface area contributed by atoms with E-state index in [4.69, 9.17) is 21.6 Å². The maximum absolute atomic E-state index is 6.45. The van der Waals surface area contributed by atoms with Crippen molar-refractivity contribution in [3.63, 3.8) is 0 Å². The molecule has 4 aromatic heterocycles. The van der Waals surface area contributed by atoms with Crippen LogP contribution in [0.1, 0.15) is 24.3 Å². The number of pyridine rings is 2. The van der Waals surface area contributed by atoms with Crippen LogP contribution in [0.25, 0.3) is 33.3 Å². The van der Waals surface area contributed by atoms with Crippen LogP contribution in [0.5, 0.6) is 0 Å². The molecule has 4 aromatic rings. The van der Waals surface area contributed by atoms with Crippen LogP contribution in [0.4, 0.5) is 5.82 Å². The molecule has 1 aliphatic heterocycles. The van der Waals surface area contributed by atoms with Crippen molar-refractivity contribution in [2.75, 3.05) is 31.1 Å². The minimum Gasteiger partial charge on any atom is -0.353 e. The average Bonchev–Trinajstić information content (AvgIpc) is 3.55. The van der Waals surface area contributed by atoms with Crippen molar-refractivity contribution in [2.45, 2.75) is 18.8 Å². The lowest BCUT2D eigenvalue weighted by Gasteiger charge is -2.30. The number of aromatic nitrogens is 5. The Hall–Kier alpha value is -2.77. The molecule has 0 unspecified atom stereocenters. The van der Waals surface area contributed by atoms with E-state index >= 15 is 0 Å². The molecule has 2 fully saturated rings. The molecule has 7 nitrogen and oxygen atoms in total. The highest BCUT2D eigenvalue weighted by atomic mass is 35.5. The molecule has 0 atom stereocenters. The standard InChI is InChI=1S/C21H20ClN7/c22-15-10-26-20-17(15)13(3-4-25-20)19-27-16-11-24-9-14(12-1-2-12)18(16)21(28-19)29-7-5-23-6-8-29/h3-4,9-12,23H,1-2,5-8H2,(H,25,26). The summed E-state index contributed by atoms with van der Waals surface area (Å²) in [5.74, 6) is 2.25. The van der Waals surface area contributed by atoms with Crippen LogP contribution in [0, 0.1) is 0 Å². The number of hydrogen-bond acceptors (Lipinski definition) is 6. The van der Waals surface area contributed by atoms with Gasteiger partial charge in [0.1, 0.15) is 11.5 Å². The molecule has 0 radical (unpaired) electrons. The monoisotopic (exact) mass is 405 g/mol. The molecular formula is C21H20ClN7. The first-order valence-corrected chi connectivity index (χ1v) is 10.4. The van der Waals surface area contributed by atoms with Crippen molar-refractivity contribution in [1.82, 2.24) is 30.2 Å². The molecule has 5 heterocycles. The van der Waals surface area contributed by atoms with E-state index in [1.807, 2.05) is 18.5 Å². The summed E-state index contributed by atoms with van der Waals surface area (Å²) in [5, 5.41) is 6.06. The maximum Gasteiger partial charge on any atom is 0.163 e. The average molecular weight is 406 g/mol. The van der Waals surface area contributed by atoms with Crippen LogP contribution in [0.15, 0.2) is 30.9 Å². The van der Waals surface area contributed by atoms with Crippen molar-refractivity contribution < 1.29 is 0 Å². The van der Waals surface area contributed by atoms with Crippen LogP contribution >= 0.6 is 11.6 Å². The van der Waals surface area contributed by atoms with Gasteiger partial charge in [-0.2, -0.15) is 0 Å². The van der Waals surface area contributed by atoms with Crippen molar-refractivity contribution in [3.05, 3.63) is 41.4 Å². The minimum atomic E-state index is 0.578. The predicted octanol–water partition coefficient (Wildman–Crippen LogP) is 3.51. The third kappa shape index (κ3) is 2.84. The Morgan fingerprint density at radius 2 is 1.93 bits per heavy atom. The first-order chi connectivity index (χ1) is 14.3. The van der Waals surface area contributed by atoms with Crippen molar-refractivity contribution in [1.29, 1.82) is 0 Å².